The zero-order chi connectivity index (χ0) is 16.4. The molecular weight excluding hydrogens is 397 g/mol. The quantitative estimate of drug-likeness (QED) is 0.468. The van der Waals surface area contributed by atoms with E-state index in [0.29, 0.717) is 13.2 Å². The maximum atomic E-state index is 12.0. The second-order valence-corrected chi connectivity index (χ2v) is 6.06. The molecule has 1 rings (SSSR count). The number of nitrogens with zero attached hydrogens (tertiary/aromatic N) is 1. The van der Waals surface area contributed by atoms with Crippen molar-refractivity contribution in [3.8, 4) is 0 Å². The van der Waals surface area contributed by atoms with Crippen LogP contribution >= 0.6 is 22.6 Å². The largest absolute Gasteiger partial charge is 0.385 e. The Bertz CT molecular complexity index is 497. The minimum atomic E-state index is -0.140. The summed E-state index contributed by atoms with van der Waals surface area (Å²) in [5, 5.41) is 5.62. The van der Waals surface area contributed by atoms with Gasteiger partial charge in [0.05, 0.1) is 18.8 Å². The molecule has 22 heavy (non-hydrogen) atoms. The Hall–Kier alpha value is -1.19. The van der Waals surface area contributed by atoms with Gasteiger partial charge in [0.1, 0.15) is 0 Å². The lowest BCUT2D eigenvalue weighted by Crippen LogP contribution is -2.39. The summed E-state index contributed by atoms with van der Waals surface area (Å²) < 4.78 is 5.89. The first-order chi connectivity index (χ1) is 10.5. The average molecular weight is 419 g/mol. The number of amides is 2. The molecular formula is C15H22IN3O3. The lowest BCUT2D eigenvalue weighted by Gasteiger charge is -2.16. The molecule has 0 bridgehead atoms. The second kappa shape index (κ2) is 10.5. The molecule has 1 aromatic rings. The van der Waals surface area contributed by atoms with Gasteiger partial charge in [0.25, 0.3) is 0 Å². The molecule has 0 saturated carbocycles. The van der Waals surface area contributed by atoms with Crippen LogP contribution in [0.15, 0.2) is 24.3 Å². The van der Waals surface area contributed by atoms with Gasteiger partial charge in [0, 0.05) is 23.8 Å². The van der Waals surface area contributed by atoms with Crippen molar-refractivity contribution >= 4 is 40.1 Å². The molecule has 0 fully saturated rings. The van der Waals surface area contributed by atoms with Gasteiger partial charge < -0.3 is 15.4 Å². The number of hydrogen-bond donors (Lipinski definition) is 2. The van der Waals surface area contributed by atoms with E-state index in [0.717, 1.165) is 15.7 Å². The molecule has 122 valence electrons. The van der Waals surface area contributed by atoms with Gasteiger partial charge in [-0.3, -0.25) is 14.5 Å². The Kier molecular flexibility index (Phi) is 9.02. The van der Waals surface area contributed by atoms with Crippen LogP contribution in [0, 0.1) is 3.57 Å². The Morgan fingerprint density at radius 1 is 1.23 bits per heavy atom. The normalized spacial score (nSPS) is 10.5. The van der Waals surface area contributed by atoms with Crippen LogP contribution < -0.4 is 10.6 Å². The molecule has 0 heterocycles. The van der Waals surface area contributed by atoms with Gasteiger partial charge in [0.2, 0.25) is 11.8 Å². The summed E-state index contributed by atoms with van der Waals surface area (Å²) in [4.78, 5) is 25.3. The van der Waals surface area contributed by atoms with Crippen LogP contribution in [0.4, 0.5) is 5.69 Å². The molecule has 1 aromatic carbocycles. The van der Waals surface area contributed by atoms with E-state index in [1.807, 2.05) is 24.3 Å². The number of anilines is 1. The molecule has 0 unspecified atom stereocenters. The Morgan fingerprint density at radius 3 is 2.59 bits per heavy atom. The first-order valence-electron chi connectivity index (χ1n) is 7.01. The van der Waals surface area contributed by atoms with Crippen LogP contribution in [-0.2, 0) is 14.3 Å². The number of likely N-dealkylation sites (N-methyl/N-ethyl adjacent to an activating group) is 1. The first kappa shape index (κ1) is 18.9. The summed E-state index contributed by atoms with van der Waals surface area (Å²) in [6.07, 6.45) is 0.777. The predicted octanol–water partition coefficient (Wildman–Crippen LogP) is 1.31. The summed E-state index contributed by atoms with van der Waals surface area (Å²) in [7, 11) is 3.37. The van der Waals surface area contributed by atoms with Gasteiger partial charge in [0.15, 0.2) is 0 Å². The van der Waals surface area contributed by atoms with E-state index in [1.165, 1.54) is 0 Å². The van der Waals surface area contributed by atoms with Crippen molar-refractivity contribution in [2.75, 3.05) is 45.7 Å². The van der Waals surface area contributed by atoms with E-state index in [2.05, 4.69) is 33.2 Å². The van der Waals surface area contributed by atoms with Crippen molar-refractivity contribution in [3.63, 3.8) is 0 Å². The minimum Gasteiger partial charge on any atom is -0.385 e. The van der Waals surface area contributed by atoms with E-state index in [4.69, 9.17) is 4.74 Å². The van der Waals surface area contributed by atoms with Gasteiger partial charge in [-0.2, -0.15) is 0 Å². The highest BCUT2D eigenvalue weighted by atomic mass is 127. The number of carbonyl (C=O) groups is 2. The third-order valence-electron chi connectivity index (χ3n) is 2.82. The maximum absolute atomic E-state index is 12.0. The van der Waals surface area contributed by atoms with Crippen molar-refractivity contribution in [2.24, 2.45) is 0 Å². The van der Waals surface area contributed by atoms with Crippen molar-refractivity contribution < 1.29 is 14.3 Å². The van der Waals surface area contributed by atoms with E-state index in [-0.39, 0.29) is 24.9 Å². The van der Waals surface area contributed by atoms with E-state index < -0.39 is 0 Å². The minimum absolute atomic E-state index is 0.0966. The third kappa shape index (κ3) is 7.71. The van der Waals surface area contributed by atoms with Crippen LogP contribution in [0.1, 0.15) is 6.42 Å². The van der Waals surface area contributed by atoms with Crippen LogP contribution in [0.25, 0.3) is 0 Å². The zero-order valence-corrected chi connectivity index (χ0v) is 15.1. The average Bonchev–Trinajstić information content (AvgIpc) is 2.46. The molecule has 0 aliphatic rings. The lowest BCUT2D eigenvalue weighted by molar-refractivity contribution is -0.123. The van der Waals surface area contributed by atoms with Gasteiger partial charge in [-0.15, -0.1) is 0 Å². The number of ether oxygens (including phenoxy) is 1. The SMILES string of the molecule is COCCCNC(=O)CN(C)CC(=O)Nc1ccccc1I. The Balaban J connectivity index is 2.29. The summed E-state index contributed by atoms with van der Waals surface area (Å²) in [5.74, 6) is -0.237. The molecule has 0 aromatic heterocycles. The third-order valence-corrected chi connectivity index (χ3v) is 3.76. The number of carbonyl (C=O) groups excluding carboxylic acids is 2. The summed E-state index contributed by atoms with van der Waals surface area (Å²) in [6, 6.07) is 7.56. The van der Waals surface area contributed by atoms with Gasteiger partial charge in [-0.05, 0) is 48.2 Å². The van der Waals surface area contributed by atoms with Crippen molar-refractivity contribution in [3.05, 3.63) is 27.8 Å². The van der Waals surface area contributed by atoms with Gasteiger partial charge in [-0.1, -0.05) is 12.1 Å². The fourth-order valence-corrected chi connectivity index (χ4v) is 2.32. The number of para-hydroxylation sites is 1. The number of hydrogen-bond acceptors (Lipinski definition) is 4. The predicted molar refractivity (Wildman–Crippen MR) is 94.8 cm³/mol. The monoisotopic (exact) mass is 419 g/mol. The van der Waals surface area contributed by atoms with Crippen LogP contribution in [-0.4, -0.2) is 57.1 Å². The van der Waals surface area contributed by atoms with E-state index in [1.54, 1.807) is 19.1 Å². The molecule has 0 radical (unpaired) electrons. The van der Waals surface area contributed by atoms with Crippen molar-refractivity contribution in [1.29, 1.82) is 0 Å². The smallest absolute Gasteiger partial charge is 0.238 e. The number of halogens is 1. The Labute approximate surface area is 144 Å². The van der Waals surface area contributed by atoms with E-state index >= 15 is 0 Å². The highest BCUT2D eigenvalue weighted by Crippen LogP contribution is 2.16. The number of benzene rings is 1. The molecule has 2 amide bonds. The second-order valence-electron chi connectivity index (χ2n) is 4.90. The topological polar surface area (TPSA) is 70.7 Å². The van der Waals surface area contributed by atoms with Crippen molar-refractivity contribution in [2.45, 2.75) is 6.42 Å². The molecule has 0 atom stereocenters. The van der Waals surface area contributed by atoms with Gasteiger partial charge in [-0.25, -0.2) is 0 Å². The summed E-state index contributed by atoms with van der Waals surface area (Å²) >= 11 is 2.17. The molecule has 6 nitrogen and oxygen atoms in total. The standard InChI is InChI=1S/C15H22IN3O3/c1-19(10-14(20)17-8-5-9-22-2)11-15(21)18-13-7-4-3-6-12(13)16/h3-4,6-7H,5,8-11H2,1-2H3,(H,17,20)(H,18,21). The lowest BCUT2D eigenvalue weighted by atomic mass is 10.3. The van der Waals surface area contributed by atoms with E-state index in [9.17, 15) is 9.59 Å². The van der Waals surface area contributed by atoms with Gasteiger partial charge >= 0.3 is 0 Å². The maximum Gasteiger partial charge on any atom is 0.238 e. The highest BCUT2D eigenvalue weighted by Gasteiger charge is 2.11. The molecule has 0 aliphatic carbocycles. The molecule has 7 heteroatoms. The zero-order valence-electron chi connectivity index (χ0n) is 12.9. The molecule has 2 N–H and O–H groups in total. The number of nitrogens with one attached hydrogen (secondary N) is 2. The Morgan fingerprint density at radius 2 is 1.91 bits per heavy atom. The highest BCUT2D eigenvalue weighted by molar-refractivity contribution is 14.1. The fraction of sp³-hybridized carbons (Fsp3) is 0.467. The van der Waals surface area contributed by atoms with Crippen LogP contribution in [0.5, 0.6) is 0 Å². The molecule has 0 spiro atoms. The first-order valence-corrected chi connectivity index (χ1v) is 8.09. The molecule has 0 saturated heterocycles. The van der Waals surface area contributed by atoms with Crippen LogP contribution in [0.3, 0.4) is 0 Å². The fourth-order valence-electron chi connectivity index (χ4n) is 1.80. The van der Waals surface area contributed by atoms with Crippen molar-refractivity contribution in [1.82, 2.24) is 10.2 Å². The number of rotatable bonds is 9. The van der Waals surface area contributed by atoms with Crippen LogP contribution in [0.2, 0.25) is 0 Å². The summed E-state index contributed by atoms with van der Waals surface area (Å²) in [6.45, 7) is 1.55. The summed E-state index contributed by atoms with van der Waals surface area (Å²) in [5.41, 5.74) is 0.783. The number of methoxy groups -OCH3 is 1. The molecule has 0 aliphatic heterocycles.